The largest absolute Gasteiger partial charge is 0.506 e. The molecule has 19 heavy (non-hydrogen) atoms. The zero-order valence-electron chi connectivity index (χ0n) is 11.5. The van der Waals surface area contributed by atoms with Gasteiger partial charge in [-0.15, -0.1) is 0 Å². The Labute approximate surface area is 114 Å². The van der Waals surface area contributed by atoms with E-state index in [4.69, 9.17) is 21.3 Å². The van der Waals surface area contributed by atoms with Gasteiger partial charge in [-0.2, -0.15) is 0 Å². The summed E-state index contributed by atoms with van der Waals surface area (Å²) >= 11 is 0. The van der Waals surface area contributed by atoms with Gasteiger partial charge in [-0.05, 0) is 32.1 Å². The predicted molar refractivity (Wildman–Crippen MR) is 80.4 cm³/mol. The Morgan fingerprint density at radius 1 is 1.42 bits per heavy atom. The number of hydrogen-bond donors (Lipinski definition) is 3. The Morgan fingerprint density at radius 2 is 2.05 bits per heavy atom. The number of phenolic OH excluding ortho intramolecular Hbond substituents is 1. The fourth-order valence-corrected chi connectivity index (χ4v) is 1.12. The second kappa shape index (κ2) is 9.65. The molecule has 4 nitrogen and oxygen atoms in total. The van der Waals surface area contributed by atoms with Gasteiger partial charge >= 0.3 is 0 Å². The molecule has 0 aromatic heterocycles. The summed E-state index contributed by atoms with van der Waals surface area (Å²) in [5.41, 5.74) is 11.9. The van der Waals surface area contributed by atoms with E-state index in [1.165, 1.54) is 0 Å². The van der Waals surface area contributed by atoms with E-state index in [-0.39, 0.29) is 5.75 Å². The third-order valence-corrected chi connectivity index (χ3v) is 2.10. The maximum atomic E-state index is 8.79. The molecule has 0 fully saturated rings. The van der Waals surface area contributed by atoms with E-state index >= 15 is 0 Å². The third kappa shape index (κ3) is 6.83. The highest BCUT2D eigenvalue weighted by atomic mass is 16.5. The van der Waals surface area contributed by atoms with Crippen LogP contribution in [0.4, 0.5) is 5.69 Å². The predicted octanol–water partition coefficient (Wildman–Crippen LogP) is 2.93. The standard InChI is InChI=1S/C9H15NO.C6H7NO/c1-4-7-9(11-6-3)8(10)5-2;7-5-3-1-2-4-6(5)8/h4-5,7H,1,6,10H2,2-3H3;1-4,8H,7H2/b8-5+,9-7+;. The van der Waals surface area contributed by atoms with Gasteiger partial charge in [-0.25, -0.2) is 0 Å². The summed E-state index contributed by atoms with van der Waals surface area (Å²) in [5, 5.41) is 8.79. The van der Waals surface area contributed by atoms with Crippen LogP contribution in [0.3, 0.4) is 0 Å². The van der Waals surface area contributed by atoms with Gasteiger partial charge in [0.05, 0.1) is 18.0 Å². The smallest absolute Gasteiger partial charge is 0.141 e. The number of allylic oxidation sites excluding steroid dienone is 3. The fraction of sp³-hybridized carbons (Fsp3) is 0.200. The number of para-hydroxylation sites is 2. The minimum absolute atomic E-state index is 0.146. The zero-order valence-corrected chi connectivity index (χ0v) is 11.5. The maximum absolute atomic E-state index is 8.79. The number of nitrogens with two attached hydrogens (primary N) is 2. The van der Waals surface area contributed by atoms with Crippen molar-refractivity contribution in [3.05, 3.63) is 60.5 Å². The van der Waals surface area contributed by atoms with Crippen molar-refractivity contribution in [1.82, 2.24) is 0 Å². The van der Waals surface area contributed by atoms with Crippen LogP contribution in [0.2, 0.25) is 0 Å². The molecule has 4 heteroatoms. The lowest BCUT2D eigenvalue weighted by Gasteiger charge is -2.06. The first-order valence-electron chi connectivity index (χ1n) is 5.97. The summed E-state index contributed by atoms with van der Waals surface area (Å²) in [6, 6.07) is 6.70. The molecule has 0 aliphatic rings. The number of rotatable bonds is 4. The van der Waals surface area contributed by atoms with Gasteiger partial charge in [-0.3, -0.25) is 0 Å². The SMILES string of the molecule is C=C/C=C(OCC)\C(N)=C/C.Nc1ccccc1O. The second-order valence-electron chi connectivity index (χ2n) is 3.50. The van der Waals surface area contributed by atoms with E-state index in [9.17, 15) is 0 Å². The molecule has 0 amide bonds. The molecule has 0 atom stereocenters. The van der Waals surface area contributed by atoms with Crippen LogP contribution in [0.15, 0.2) is 60.5 Å². The Kier molecular flexibility index (Phi) is 8.45. The van der Waals surface area contributed by atoms with Gasteiger partial charge in [0.15, 0.2) is 0 Å². The average Bonchev–Trinajstić information content (AvgIpc) is 2.42. The Balaban J connectivity index is 0.000000356. The summed E-state index contributed by atoms with van der Waals surface area (Å²) in [6.07, 6.45) is 5.20. The van der Waals surface area contributed by atoms with Crippen molar-refractivity contribution in [2.45, 2.75) is 13.8 Å². The van der Waals surface area contributed by atoms with E-state index < -0.39 is 0 Å². The summed E-state index contributed by atoms with van der Waals surface area (Å²) < 4.78 is 5.23. The summed E-state index contributed by atoms with van der Waals surface area (Å²) in [4.78, 5) is 0. The molecule has 1 aromatic carbocycles. The van der Waals surface area contributed by atoms with E-state index in [2.05, 4.69) is 6.58 Å². The summed E-state index contributed by atoms with van der Waals surface area (Å²) in [5.74, 6) is 0.831. The van der Waals surface area contributed by atoms with Crippen LogP contribution in [0.1, 0.15) is 13.8 Å². The van der Waals surface area contributed by atoms with Crippen molar-refractivity contribution in [3.63, 3.8) is 0 Å². The molecule has 0 aliphatic heterocycles. The van der Waals surface area contributed by atoms with Crippen LogP contribution in [0.25, 0.3) is 0 Å². The number of ether oxygens (including phenoxy) is 1. The monoisotopic (exact) mass is 262 g/mol. The quantitative estimate of drug-likeness (QED) is 0.337. The van der Waals surface area contributed by atoms with Crippen LogP contribution < -0.4 is 11.5 Å². The van der Waals surface area contributed by atoms with Crippen molar-refractivity contribution >= 4 is 5.69 Å². The molecule has 0 saturated heterocycles. The Morgan fingerprint density at radius 3 is 2.42 bits per heavy atom. The van der Waals surface area contributed by atoms with Crippen molar-refractivity contribution in [3.8, 4) is 5.75 Å². The third-order valence-electron chi connectivity index (χ3n) is 2.10. The number of hydrogen-bond acceptors (Lipinski definition) is 4. The molecule has 5 N–H and O–H groups in total. The lowest BCUT2D eigenvalue weighted by atomic mass is 10.3. The molecule has 0 unspecified atom stereocenters. The molecule has 0 spiro atoms. The number of anilines is 1. The van der Waals surface area contributed by atoms with Gasteiger partial charge in [0, 0.05) is 0 Å². The van der Waals surface area contributed by atoms with E-state index in [0.29, 0.717) is 23.8 Å². The highest BCUT2D eigenvalue weighted by Crippen LogP contribution is 2.16. The topological polar surface area (TPSA) is 81.5 Å². The number of nitrogen functional groups attached to an aromatic ring is 1. The summed E-state index contributed by atoms with van der Waals surface area (Å²) in [6.45, 7) is 7.96. The van der Waals surface area contributed by atoms with Gasteiger partial charge in [0.2, 0.25) is 0 Å². The number of phenols is 1. The minimum atomic E-state index is 0.146. The number of aromatic hydroxyl groups is 1. The van der Waals surface area contributed by atoms with Crippen LogP contribution in [-0.4, -0.2) is 11.7 Å². The molecule has 0 radical (unpaired) electrons. The molecule has 0 saturated carbocycles. The van der Waals surface area contributed by atoms with Crippen molar-refractivity contribution in [2.75, 3.05) is 12.3 Å². The van der Waals surface area contributed by atoms with Crippen molar-refractivity contribution in [2.24, 2.45) is 5.73 Å². The Hall–Kier alpha value is -2.36. The lowest BCUT2D eigenvalue weighted by Crippen LogP contribution is -2.04. The molecular formula is C15H22N2O2. The molecule has 0 heterocycles. The van der Waals surface area contributed by atoms with Crippen LogP contribution in [-0.2, 0) is 4.74 Å². The first-order chi connectivity index (χ1) is 9.06. The average molecular weight is 262 g/mol. The first-order valence-corrected chi connectivity index (χ1v) is 5.97. The van der Waals surface area contributed by atoms with Gasteiger partial charge in [-0.1, -0.05) is 30.9 Å². The van der Waals surface area contributed by atoms with Gasteiger partial charge < -0.3 is 21.3 Å². The molecule has 0 bridgehead atoms. The maximum Gasteiger partial charge on any atom is 0.141 e. The van der Waals surface area contributed by atoms with Crippen LogP contribution in [0, 0.1) is 0 Å². The van der Waals surface area contributed by atoms with Gasteiger partial charge in [0.1, 0.15) is 11.5 Å². The highest BCUT2D eigenvalue weighted by Gasteiger charge is 1.96. The van der Waals surface area contributed by atoms with E-state index in [1.807, 2.05) is 13.8 Å². The summed E-state index contributed by atoms with van der Waals surface area (Å²) in [7, 11) is 0. The van der Waals surface area contributed by atoms with Crippen molar-refractivity contribution in [1.29, 1.82) is 0 Å². The molecular weight excluding hydrogens is 240 g/mol. The normalized spacial score (nSPS) is 11.3. The van der Waals surface area contributed by atoms with Crippen molar-refractivity contribution < 1.29 is 9.84 Å². The van der Waals surface area contributed by atoms with E-state index in [1.54, 1.807) is 42.5 Å². The first kappa shape index (κ1) is 16.6. The van der Waals surface area contributed by atoms with E-state index in [0.717, 1.165) is 0 Å². The van der Waals surface area contributed by atoms with Crippen LogP contribution >= 0.6 is 0 Å². The van der Waals surface area contributed by atoms with Gasteiger partial charge in [0.25, 0.3) is 0 Å². The molecule has 1 rings (SSSR count). The highest BCUT2D eigenvalue weighted by molar-refractivity contribution is 5.50. The van der Waals surface area contributed by atoms with Crippen LogP contribution in [0.5, 0.6) is 5.75 Å². The molecule has 0 aliphatic carbocycles. The second-order valence-corrected chi connectivity index (χ2v) is 3.50. The Bertz CT molecular complexity index is 430. The molecule has 104 valence electrons. The minimum Gasteiger partial charge on any atom is -0.506 e. The fourth-order valence-electron chi connectivity index (χ4n) is 1.12. The molecule has 1 aromatic rings. The zero-order chi connectivity index (χ0) is 14.7. The lowest BCUT2D eigenvalue weighted by molar-refractivity contribution is 0.237. The number of benzene rings is 1.